The molecule has 7 heteroatoms. The van der Waals surface area contributed by atoms with Crippen LogP contribution in [-0.4, -0.2) is 19.0 Å². The molecule has 1 aromatic heterocycles. The number of hydrogen-bond donors (Lipinski definition) is 0. The molecule has 2 aromatic rings. The Morgan fingerprint density at radius 2 is 1.86 bits per heavy atom. The monoisotopic (exact) mass is 344 g/mol. The van der Waals surface area contributed by atoms with Crippen molar-refractivity contribution in [3.63, 3.8) is 0 Å². The molecule has 0 aliphatic heterocycles. The molecular formula is C14H10Cl2O4S. The van der Waals surface area contributed by atoms with Gasteiger partial charge in [-0.1, -0.05) is 23.2 Å². The van der Waals surface area contributed by atoms with Gasteiger partial charge in [0.1, 0.15) is 0 Å². The highest BCUT2D eigenvalue weighted by Crippen LogP contribution is 2.27. The number of thiophene rings is 1. The molecule has 0 N–H and O–H groups in total. The number of benzene rings is 1. The summed E-state index contributed by atoms with van der Waals surface area (Å²) >= 11 is 13.2. The third-order valence-electron chi connectivity index (χ3n) is 2.58. The van der Waals surface area contributed by atoms with Gasteiger partial charge in [0.05, 0.1) is 12.7 Å². The van der Waals surface area contributed by atoms with Crippen LogP contribution >= 0.6 is 34.5 Å². The summed E-state index contributed by atoms with van der Waals surface area (Å²) in [6, 6.07) is 6.11. The maximum absolute atomic E-state index is 12.0. The summed E-state index contributed by atoms with van der Waals surface area (Å²) in [5.41, 5.74) is 0.713. The molecule has 2 rings (SSSR count). The number of halogens is 2. The van der Waals surface area contributed by atoms with Crippen LogP contribution in [-0.2, 0) is 14.3 Å². The van der Waals surface area contributed by atoms with Crippen molar-refractivity contribution in [1.82, 2.24) is 0 Å². The van der Waals surface area contributed by atoms with Crippen LogP contribution < -0.4 is 0 Å². The van der Waals surface area contributed by atoms with Crippen molar-refractivity contribution >= 4 is 46.5 Å². The summed E-state index contributed by atoms with van der Waals surface area (Å²) in [4.78, 5) is 23.8. The van der Waals surface area contributed by atoms with E-state index in [9.17, 15) is 9.59 Å². The summed E-state index contributed by atoms with van der Waals surface area (Å²) in [7, 11) is 1.21. The fourth-order valence-corrected chi connectivity index (χ4v) is 2.81. The van der Waals surface area contributed by atoms with Crippen molar-refractivity contribution in [2.45, 2.75) is 6.10 Å². The largest absolute Gasteiger partial charge is 0.466 e. The first-order chi connectivity index (χ1) is 10.0. The molecule has 0 radical (unpaired) electrons. The molecule has 1 atom stereocenters. The average molecular weight is 345 g/mol. The molecule has 0 aliphatic carbocycles. The van der Waals surface area contributed by atoms with Crippen LogP contribution in [0.25, 0.3) is 0 Å². The minimum Gasteiger partial charge on any atom is -0.466 e. The zero-order valence-electron chi connectivity index (χ0n) is 10.8. The Labute approximate surface area is 135 Å². The quantitative estimate of drug-likeness (QED) is 0.782. The maximum Gasteiger partial charge on any atom is 0.351 e. The number of methoxy groups -OCH3 is 1. The van der Waals surface area contributed by atoms with Gasteiger partial charge in [0.15, 0.2) is 0 Å². The Bertz CT molecular complexity index is 635. The molecule has 0 saturated carbocycles. The summed E-state index contributed by atoms with van der Waals surface area (Å²) in [6.45, 7) is 0. The number of rotatable bonds is 4. The van der Waals surface area contributed by atoms with Crippen molar-refractivity contribution in [1.29, 1.82) is 0 Å². The molecule has 1 aromatic carbocycles. The van der Waals surface area contributed by atoms with E-state index in [4.69, 9.17) is 27.9 Å². The van der Waals surface area contributed by atoms with E-state index in [1.807, 2.05) is 0 Å². The van der Waals surface area contributed by atoms with Crippen LogP contribution in [0.2, 0.25) is 10.0 Å². The summed E-state index contributed by atoms with van der Waals surface area (Å²) in [6.07, 6.45) is -1.22. The molecule has 0 spiro atoms. The van der Waals surface area contributed by atoms with Gasteiger partial charge in [0, 0.05) is 21.0 Å². The number of hydrogen-bond acceptors (Lipinski definition) is 5. The Morgan fingerprint density at radius 1 is 1.19 bits per heavy atom. The minimum atomic E-state index is -1.22. The minimum absolute atomic E-state index is 0.331. The van der Waals surface area contributed by atoms with Crippen LogP contribution in [0.4, 0.5) is 0 Å². The van der Waals surface area contributed by atoms with Gasteiger partial charge in [-0.3, -0.25) is 0 Å². The smallest absolute Gasteiger partial charge is 0.351 e. The molecule has 0 fully saturated rings. The van der Waals surface area contributed by atoms with Gasteiger partial charge in [-0.15, -0.1) is 0 Å². The molecule has 1 heterocycles. The van der Waals surface area contributed by atoms with Crippen LogP contribution in [0.1, 0.15) is 22.0 Å². The van der Waals surface area contributed by atoms with Crippen LogP contribution in [0, 0.1) is 0 Å². The van der Waals surface area contributed by atoms with Gasteiger partial charge < -0.3 is 9.47 Å². The van der Waals surface area contributed by atoms with Crippen molar-refractivity contribution in [3.05, 3.63) is 56.2 Å². The lowest BCUT2D eigenvalue weighted by Gasteiger charge is -2.16. The second-order valence-corrected chi connectivity index (χ2v) is 5.68. The predicted octanol–water partition coefficient (Wildman–Crippen LogP) is 4.13. The van der Waals surface area contributed by atoms with Crippen molar-refractivity contribution in [2.24, 2.45) is 0 Å². The molecule has 0 amide bonds. The van der Waals surface area contributed by atoms with E-state index in [1.54, 1.807) is 16.8 Å². The van der Waals surface area contributed by atoms with Gasteiger partial charge in [-0.05, 0) is 29.6 Å². The highest BCUT2D eigenvalue weighted by Gasteiger charge is 2.27. The lowest BCUT2D eigenvalue weighted by Crippen LogP contribution is -2.21. The van der Waals surface area contributed by atoms with Gasteiger partial charge >= 0.3 is 11.9 Å². The summed E-state index contributed by atoms with van der Waals surface area (Å²) in [5, 5.41) is 4.03. The van der Waals surface area contributed by atoms with Crippen molar-refractivity contribution in [3.8, 4) is 0 Å². The molecule has 21 heavy (non-hydrogen) atoms. The van der Waals surface area contributed by atoms with Crippen molar-refractivity contribution in [2.75, 3.05) is 7.11 Å². The standard InChI is InChI=1S/C14H10Cl2O4S/c1-19-14(18)12(9-4-10(15)6-11(16)5-9)20-13(17)8-2-3-21-7-8/h2-7,12H,1H3/t12-/m1/s1. The molecular weight excluding hydrogens is 335 g/mol. The molecule has 110 valence electrons. The van der Waals surface area contributed by atoms with E-state index in [1.165, 1.54) is 36.6 Å². The van der Waals surface area contributed by atoms with E-state index in [-0.39, 0.29) is 0 Å². The SMILES string of the molecule is COC(=O)[C@H](OC(=O)c1ccsc1)c1cc(Cl)cc(Cl)c1. The van der Waals surface area contributed by atoms with Crippen molar-refractivity contribution < 1.29 is 19.1 Å². The Kier molecular flexibility index (Phi) is 5.22. The number of esters is 2. The number of carbonyl (C=O) groups excluding carboxylic acids is 2. The summed E-state index contributed by atoms with van der Waals surface area (Å²) < 4.78 is 9.88. The predicted molar refractivity (Wildman–Crippen MR) is 81.0 cm³/mol. The zero-order chi connectivity index (χ0) is 15.4. The van der Waals surface area contributed by atoms with E-state index < -0.39 is 18.0 Å². The third kappa shape index (κ3) is 3.97. The van der Waals surface area contributed by atoms with Gasteiger partial charge in [0.2, 0.25) is 6.10 Å². The van der Waals surface area contributed by atoms with E-state index in [0.717, 1.165) is 0 Å². The van der Waals surface area contributed by atoms with E-state index in [2.05, 4.69) is 4.74 Å². The normalized spacial score (nSPS) is 11.8. The fraction of sp³-hybridized carbons (Fsp3) is 0.143. The Hall–Kier alpha value is -1.56. The molecule has 0 bridgehead atoms. The highest BCUT2D eigenvalue weighted by molar-refractivity contribution is 7.08. The second-order valence-electron chi connectivity index (χ2n) is 4.02. The molecule has 4 nitrogen and oxygen atoms in total. The average Bonchev–Trinajstić information content (AvgIpc) is 2.96. The van der Waals surface area contributed by atoms with E-state index in [0.29, 0.717) is 21.2 Å². The van der Waals surface area contributed by atoms with E-state index >= 15 is 0 Å². The fourth-order valence-electron chi connectivity index (χ4n) is 1.64. The lowest BCUT2D eigenvalue weighted by atomic mass is 10.1. The van der Waals surface area contributed by atoms with Gasteiger partial charge in [0.25, 0.3) is 0 Å². The molecule has 0 aliphatic rings. The van der Waals surface area contributed by atoms with Crippen LogP contribution in [0.5, 0.6) is 0 Å². The number of carbonyl (C=O) groups is 2. The first-order valence-corrected chi connectivity index (χ1v) is 7.48. The first-order valence-electron chi connectivity index (χ1n) is 5.78. The lowest BCUT2D eigenvalue weighted by molar-refractivity contribution is -0.151. The second kappa shape index (κ2) is 6.93. The third-order valence-corrected chi connectivity index (χ3v) is 3.70. The Morgan fingerprint density at radius 3 is 2.38 bits per heavy atom. The zero-order valence-corrected chi connectivity index (χ0v) is 13.2. The number of ether oxygens (including phenoxy) is 2. The Balaban J connectivity index is 2.30. The van der Waals surface area contributed by atoms with Gasteiger partial charge in [-0.25, -0.2) is 9.59 Å². The van der Waals surface area contributed by atoms with Crippen LogP contribution in [0.15, 0.2) is 35.0 Å². The topological polar surface area (TPSA) is 52.6 Å². The maximum atomic E-state index is 12.0. The molecule has 0 unspecified atom stereocenters. The summed E-state index contributed by atoms with van der Waals surface area (Å²) in [5.74, 6) is -1.33. The molecule has 0 saturated heterocycles. The first kappa shape index (κ1) is 15.8. The highest BCUT2D eigenvalue weighted by atomic mass is 35.5. The van der Waals surface area contributed by atoms with Gasteiger partial charge in [-0.2, -0.15) is 11.3 Å². The van der Waals surface area contributed by atoms with Crippen LogP contribution in [0.3, 0.4) is 0 Å².